The molecule has 4 rings (SSSR count). The summed E-state index contributed by atoms with van der Waals surface area (Å²) < 4.78 is 14.2. The Morgan fingerprint density at radius 3 is 2.33 bits per heavy atom. The van der Waals surface area contributed by atoms with Gasteiger partial charge in [-0.05, 0) is 60.2 Å². The number of aromatic nitrogens is 2. The molecule has 0 saturated heterocycles. The van der Waals surface area contributed by atoms with Gasteiger partial charge in [-0.1, -0.05) is 68.8 Å². The van der Waals surface area contributed by atoms with Crippen molar-refractivity contribution >= 4 is 22.6 Å². The lowest BCUT2D eigenvalue weighted by atomic mass is 9.87. The first-order valence-electron chi connectivity index (χ1n) is 11.5. The molecule has 172 valence electrons. The summed E-state index contributed by atoms with van der Waals surface area (Å²) in [6, 6.07) is 24.2. The third-order valence-corrected chi connectivity index (χ3v) is 6.00. The second kappa shape index (κ2) is 10.3. The van der Waals surface area contributed by atoms with E-state index in [9.17, 15) is 0 Å². The van der Waals surface area contributed by atoms with Crippen molar-refractivity contribution in [2.24, 2.45) is 0 Å². The lowest BCUT2D eigenvalue weighted by Crippen LogP contribution is -2.11. The van der Waals surface area contributed by atoms with E-state index in [-0.39, 0.29) is 5.41 Å². The Morgan fingerprint density at radius 1 is 0.848 bits per heavy atom. The Kier molecular flexibility index (Phi) is 7.24. The minimum absolute atomic E-state index is 0.127. The number of benzene rings is 3. The van der Waals surface area contributed by atoms with Crippen molar-refractivity contribution in [1.29, 1.82) is 0 Å². The van der Waals surface area contributed by atoms with Gasteiger partial charge < -0.3 is 14.0 Å². The third-order valence-electron chi connectivity index (χ3n) is 5.69. The third kappa shape index (κ3) is 5.88. The Labute approximate surface area is 201 Å². The molecule has 0 aliphatic carbocycles. The van der Waals surface area contributed by atoms with Crippen molar-refractivity contribution < 1.29 is 9.47 Å². The normalized spacial score (nSPS) is 11.6. The number of para-hydroxylation sites is 3. The number of halogens is 1. The molecule has 1 heterocycles. The number of ether oxygens (including phenoxy) is 2. The van der Waals surface area contributed by atoms with E-state index in [2.05, 4.69) is 49.6 Å². The van der Waals surface area contributed by atoms with E-state index in [0.29, 0.717) is 18.2 Å². The maximum absolute atomic E-state index is 6.17. The van der Waals surface area contributed by atoms with Gasteiger partial charge in [0.1, 0.15) is 23.9 Å². The highest BCUT2D eigenvalue weighted by atomic mass is 35.5. The number of imidazole rings is 1. The summed E-state index contributed by atoms with van der Waals surface area (Å²) >= 11 is 6.17. The monoisotopic (exact) mass is 462 g/mol. The van der Waals surface area contributed by atoms with Crippen molar-refractivity contribution in [3.05, 3.63) is 89.2 Å². The fourth-order valence-corrected chi connectivity index (χ4v) is 3.99. The van der Waals surface area contributed by atoms with E-state index < -0.39 is 0 Å². The molecule has 0 bridgehead atoms. The molecule has 1 aromatic heterocycles. The Morgan fingerprint density at radius 2 is 1.58 bits per heavy atom. The fraction of sp³-hybridized carbons (Fsp3) is 0.321. The van der Waals surface area contributed by atoms with E-state index in [1.54, 1.807) is 0 Å². The molecule has 5 heteroatoms. The number of rotatable bonds is 9. The van der Waals surface area contributed by atoms with Crippen molar-refractivity contribution in [3.8, 4) is 11.5 Å². The van der Waals surface area contributed by atoms with Gasteiger partial charge in [0, 0.05) is 6.54 Å². The summed E-state index contributed by atoms with van der Waals surface area (Å²) in [6.07, 6.45) is 1.89. The average molecular weight is 463 g/mol. The summed E-state index contributed by atoms with van der Waals surface area (Å²) in [5, 5.41) is 0.646. The number of nitrogens with zero attached hydrogens (tertiary/aromatic N) is 2. The molecule has 3 aromatic carbocycles. The standard InChI is InChI=1S/C28H31ClN2O2/c1-28(2,3)21-14-16-22(17-15-21)33-20-27-30-24-11-5-6-12-25(24)31(27)18-8-9-19-32-26-13-7-4-10-23(26)29/h4-7,10-17H,8-9,18-20H2,1-3H3. The van der Waals surface area contributed by atoms with Crippen molar-refractivity contribution in [2.45, 2.75) is 52.2 Å². The second-order valence-corrected chi connectivity index (χ2v) is 9.62. The number of hydrogen-bond donors (Lipinski definition) is 0. The highest BCUT2D eigenvalue weighted by Gasteiger charge is 2.14. The smallest absolute Gasteiger partial charge is 0.147 e. The van der Waals surface area contributed by atoms with Crippen LogP contribution >= 0.6 is 11.6 Å². The molecule has 0 aliphatic heterocycles. The van der Waals surface area contributed by atoms with Gasteiger partial charge in [-0.3, -0.25) is 0 Å². The Hall–Kier alpha value is -2.98. The van der Waals surface area contributed by atoms with Crippen LogP contribution in [-0.4, -0.2) is 16.2 Å². The second-order valence-electron chi connectivity index (χ2n) is 9.22. The molecule has 4 aromatic rings. The lowest BCUT2D eigenvalue weighted by molar-refractivity contribution is 0.285. The molecular formula is C28H31ClN2O2. The molecule has 4 nitrogen and oxygen atoms in total. The fourth-order valence-electron chi connectivity index (χ4n) is 3.80. The first-order valence-corrected chi connectivity index (χ1v) is 11.8. The first kappa shape index (κ1) is 23.2. The molecular weight excluding hydrogens is 432 g/mol. The predicted octanol–water partition coefficient (Wildman–Crippen LogP) is 7.43. The van der Waals surface area contributed by atoms with Crippen LogP contribution in [0.15, 0.2) is 72.8 Å². The maximum atomic E-state index is 6.17. The van der Waals surface area contributed by atoms with E-state index in [1.807, 2.05) is 48.5 Å². The summed E-state index contributed by atoms with van der Waals surface area (Å²) in [6.45, 7) is 8.55. The highest BCUT2D eigenvalue weighted by molar-refractivity contribution is 6.32. The first-order chi connectivity index (χ1) is 15.9. The van der Waals surface area contributed by atoms with Gasteiger partial charge in [-0.15, -0.1) is 0 Å². The summed E-state index contributed by atoms with van der Waals surface area (Å²) in [5.41, 5.74) is 3.54. The van der Waals surface area contributed by atoms with Crippen LogP contribution in [0.2, 0.25) is 5.02 Å². The zero-order valence-corrected chi connectivity index (χ0v) is 20.3. The van der Waals surface area contributed by atoms with E-state index in [1.165, 1.54) is 5.56 Å². The van der Waals surface area contributed by atoms with Crippen LogP contribution in [-0.2, 0) is 18.6 Å². The number of hydrogen-bond acceptors (Lipinski definition) is 3. The molecule has 0 aliphatic rings. The predicted molar refractivity (Wildman–Crippen MR) is 135 cm³/mol. The molecule has 0 amide bonds. The number of fused-ring (bicyclic) bond motifs is 1. The zero-order chi connectivity index (χ0) is 23.3. The van der Waals surface area contributed by atoms with Crippen molar-refractivity contribution in [3.63, 3.8) is 0 Å². The molecule has 0 unspecified atom stereocenters. The van der Waals surface area contributed by atoms with Crippen LogP contribution in [0.3, 0.4) is 0 Å². The molecule has 0 N–H and O–H groups in total. The minimum atomic E-state index is 0.127. The highest BCUT2D eigenvalue weighted by Crippen LogP contribution is 2.26. The molecule has 0 spiro atoms. The van der Waals surface area contributed by atoms with Crippen LogP contribution in [0.25, 0.3) is 11.0 Å². The van der Waals surface area contributed by atoms with Crippen LogP contribution < -0.4 is 9.47 Å². The quantitative estimate of drug-likeness (QED) is 0.243. The van der Waals surface area contributed by atoms with Gasteiger partial charge in [0.2, 0.25) is 0 Å². The van der Waals surface area contributed by atoms with Crippen LogP contribution in [0.1, 0.15) is 45.0 Å². The van der Waals surface area contributed by atoms with Crippen LogP contribution in [0, 0.1) is 0 Å². The minimum Gasteiger partial charge on any atom is -0.492 e. The van der Waals surface area contributed by atoms with Gasteiger partial charge in [0.25, 0.3) is 0 Å². The lowest BCUT2D eigenvalue weighted by Gasteiger charge is -2.19. The largest absolute Gasteiger partial charge is 0.492 e. The molecule has 0 fully saturated rings. The van der Waals surface area contributed by atoms with Gasteiger partial charge in [-0.2, -0.15) is 0 Å². The van der Waals surface area contributed by atoms with E-state index in [4.69, 9.17) is 26.1 Å². The van der Waals surface area contributed by atoms with Gasteiger partial charge in [0.05, 0.1) is 22.7 Å². The Bertz CT molecular complexity index is 1190. The number of unbranched alkanes of at least 4 members (excludes halogenated alkanes) is 1. The van der Waals surface area contributed by atoms with Crippen LogP contribution in [0.5, 0.6) is 11.5 Å². The SMILES string of the molecule is CC(C)(C)c1ccc(OCc2nc3ccccc3n2CCCCOc2ccccc2Cl)cc1. The summed E-state index contributed by atoms with van der Waals surface area (Å²) in [7, 11) is 0. The van der Waals surface area contributed by atoms with Gasteiger partial charge >= 0.3 is 0 Å². The molecule has 0 saturated carbocycles. The zero-order valence-electron chi connectivity index (χ0n) is 19.6. The summed E-state index contributed by atoms with van der Waals surface area (Å²) in [4.78, 5) is 4.83. The van der Waals surface area contributed by atoms with Gasteiger partial charge in [-0.25, -0.2) is 4.98 Å². The summed E-state index contributed by atoms with van der Waals surface area (Å²) in [5.74, 6) is 2.52. The average Bonchev–Trinajstić information content (AvgIpc) is 3.16. The van der Waals surface area contributed by atoms with E-state index in [0.717, 1.165) is 47.7 Å². The molecule has 0 radical (unpaired) electrons. The number of aryl methyl sites for hydroxylation is 1. The topological polar surface area (TPSA) is 36.3 Å². The maximum Gasteiger partial charge on any atom is 0.147 e. The molecule has 0 atom stereocenters. The van der Waals surface area contributed by atoms with Crippen molar-refractivity contribution in [2.75, 3.05) is 6.61 Å². The molecule has 33 heavy (non-hydrogen) atoms. The van der Waals surface area contributed by atoms with E-state index >= 15 is 0 Å². The van der Waals surface area contributed by atoms with Crippen LogP contribution in [0.4, 0.5) is 0 Å². The van der Waals surface area contributed by atoms with Crippen molar-refractivity contribution in [1.82, 2.24) is 9.55 Å². The Balaban J connectivity index is 1.38. The van der Waals surface area contributed by atoms with Gasteiger partial charge in [0.15, 0.2) is 0 Å².